The van der Waals surface area contributed by atoms with Gasteiger partial charge >= 0.3 is 5.97 Å². The maximum absolute atomic E-state index is 12.6. The van der Waals surface area contributed by atoms with Crippen molar-refractivity contribution >= 4 is 23.6 Å². The van der Waals surface area contributed by atoms with Crippen LogP contribution >= 0.6 is 11.8 Å². The molecule has 0 aromatic rings. The second-order valence-electron chi connectivity index (χ2n) is 10.6. The highest BCUT2D eigenvalue weighted by Crippen LogP contribution is 2.24. The molecule has 34 heavy (non-hydrogen) atoms. The monoisotopic (exact) mass is 503 g/mol. The summed E-state index contributed by atoms with van der Waals surface area (Å²) in [6.07, 6.45) is 16.7. The highest BCUT2D eigenvalue weighted by atomic mass is 32.2. The number of hydrogen-bond donors (Lipinski definition) is 2. The molecule has 0 radical (unpaired) electrons. The average molecular weight is 504 g/mol. The maximum atomic E-state index is 12.6. The number of carbonyl (C=O) groups excluding carboxylic acids is 2. The van der Waals surface area contributed by atoms with E-state index in [-0.39, 0.29) is 18.3 Å². The molecule has 0 saturated heterocycles. The SMILES string of the molecule is CCCCCCCCCCCCCCCC(=O)N[C@@H](CSC(C)(O)COC)C(=O)OC(C)(C)C. The summed E-state index contributed by atoms with van der Waals surface area (Å²) in [5.74, 6) is -0.409. The van der Waals surface area contributed by atoms with Crippen LogP contribution in [-0.2, 0) is 19.1 Å². The third kappa shape index (κ3) is 20.6. The molecule has 0 fully saturated rings. The van der Waals surface area contributed by atoms with Crippen LogP contribution in [0.15, 0.2) is 0 Å². The van der Waals surface area contributed by atoms with Crippen molar-refractivity contribution in [1.29, 1.82) is 0 Å². The van der Waals surface area contributed by atoms with Crippen LogP contribution in [0, 0.1) is 0 Å². The van der Waals surface area contributed by atoms with Gasteiger partial charge in [0.2, 0.25) is 5.91 Å². The van der Waals surface area contributed by atoms with Gasteiger partial charge in [0.1, 0.15) is 16.6 Å². The summed E-state index contributed by atoms with van der Waals surface area (Å²) in [7, 11) is 1.51. The van der Waals surface area contributed by atoms with Gasteiger partial charge in [-0.2, -0.15) is 0 Å². The van der Waals surface area contributed by atoms with Crippen molar-refractivity contribution in [1.82, 2.24) is 5.32 Å². The molecule has 0 spiro atoms. The van der Waals surface area contributed by atoms with Gasteiger partial charge < -0.3 is 19.9 Å². The molecule has 0 aliphatic heterocycles. The Hall–Kier alpha value is -0.790. The molecule has 2 atom stereocenters. The first-order valence-corrected chi connectivity index (χ1v) is 14.4. The first-order valence-electron chi connectivity index (χ1n) is 13.4. The molecule has 0 aliphatic carbocycles. The Morgan fingerprint density at radius 3 is 1.76 bits per heavy atom. The van der Waals surface area contributed by atoms with E-state index >= 15 is 0 Å². The summed E-state index contributed by atoms with van der Waals surface area (Å²) in [4.78, 5) is 23.9. The number of rotatable bonds is 21. The molecule has 1 amide bonds. The van der Waals surface area contributed by atoms with Gasteiger partial charge in [-0.3, -0.25) is 4.79 Å². The van der Waals surface area contributed by atoms with Crippen LogP contribution in [0.2, 0.25) is 0 Å². The lowest BCUT2D eigenvalue weighted by molar-refractivity contribution is -0.157. The molecule has 0 saturated carbocycles. The number of unbranched alkanes of at least 4 members (excludes halogenated alkanes) is 12. The van der Waals surface area contributed by atoms with E-state index in [1.54, 1.807) is 27.7 Å². The topological polar surface area (TPSA) is 84.9 Å². The van der Waals surface area contributed by atoms with E-state index in [2.05, 4.69) is 12.2 Å². The fourth-order valence-electron chi connectivity index (χ4n) is 3.68. The van der Waals surface area contributed by atoms with Crippen molar-refractivity contribution in [3.8, 4) is 0 Å². The molecule has 0 aromatic heterocycles. The van der Waals surface area contributed by atoms with E-state index in [9.17, 15) is 14.7 Å². The lowest BCUT2D eigenvalue weighted by Crippen LogP contribution is -2.46. The normalized spacial score (nSPS) is 14.4. The number of thioether (sulfide) groups is 1. The number of methoxy groups -OCH3 is 1. The van der Waals surface area contributed by atoms with Gasteiger partial charge in [0.15, 0.2) is 0 Å². The summed E-state index contributed by atoms with van der Waals surface area (Å²) in [6, 6.07) is -0.804. The Balaban J connectivity index is 4.14. The number of hydrogen-bond acceptors (Lipinski definition) is 6. The fourth-order valence-corrected chi connectivity index (χ4v) is 4.63. The van der Waals surface area contributed by atoms with E-state index < -0.39 is 22.5 Å². The highest BCUT2D eigenvalue weighted by molar-refractivity contribution is 8.00. The predicted octanol–water partition coefficient (Wildman–Crippen LogP) is 6.38. The number of nitrogens with one attached hydrogen (secondary N) is 1. The number of carbonyl (C=O) groups is 2. The second kappa shape index (κ2) is 19.4. The predicted molar refractivity (Wildman–Crippen MR) is 143 cm³/mol. The summed E-state index contributed by atoms with van der Waals surface area (Å²) >= 11 is 1.17. The minimum atomic E-state index is -1.14. The smallest absolute Gasteiger partial charge is 0.330 e. The molecular weight excluding hydrogens is 450 g/mol. The molecule has 0 rings (SSSR count). The lowest BCUT2D eigenvalue weighted by Gasteiger charge is -2.27. The fraction of sp³-hybridized carbons (Fsp3) is 0.926. The van der Waals surface area contributed by atoms with E-state index in [1.807, 2.05) is 0 Å². The van der Waals surface area contributed by atoms with Gasteiger partial charge in [-0.05, 0) is 34.1 Å². The van der Waals surface area contributed by atoms with Gasteiger partial charge in [0, 0.05) is 19.3 Å². The van der Waals surface area contributed by atoms with Crippen molar-refractivity contribution in [3.05, 3.63) is 0 Å². The summed E-state index contributed by atoms with van der Waals surface area (Å²) < 4.78 is 10.5. The summed E-state index contributed by atoms with van der Waals surface area (Å²) in [6.45, 7) is 9.40. The molecule has 0 aromatic carbocycles. The van der Waals surface area contributed by atoms with Gasteiger partial charge in [0.05, 0.1) is 6.61 Å². The van der Waals surface area contributed by atoms with Gasteiger partial charge in [-0.25, -0.2) is 4.79 Å². The first kappa shape index (κ1) is 33.2. The Labute approximate surface area is 213 Å². The molecule has 0 heterocycles. The Bertz CT molecular complexity index is 534. The Morgan fingerprint density at radius 1 is 0.853 bits per heavy atom. The Kier molecular flexibility index (Phi) is 19.0. The van der Waals surface area contributed by atoms with E-state index in [1.165, 1.54) is 83.1 Å². The lowest BCUT2D eigenvalue weighted by atomic mass is 10.0. The van der Waals surface area contributed by atoms with E-state index in [4.69, 9.17) is 9.47 Å². The molecule has 0 bridgehead atoms. The Morgan fingerprint density at radius 2 is 1.32 bits per heavy atom. The van der Waals surface area contributed by atoms with Crippen LogP contribution in [-0.4, -0.2) is 53.0 Å². The standard InChI is InChI=1S/C27H53NO5S/c1-7-8-9-10-11-12-13-14-15-16-17-18-19-20-24(29)28-23(25(30)33-26(2,3)4)21-34-27(5,31)22-32-6/h23,31H,7-22H2,1-6H3,(H,28,29)/t23-,27?/m0/s1. The van der Waals surface area contributed by atoms with E-state index in [0.29, 0.717) is 6.42 Å². The van der Waals surface area contributed by atoms with Crippen molar-refractivity contribution in [2.24, 2.45) is 0 Å². The van der Waals surface area contributed by atoms with Crippen molar-refractivity contribution in [2.75, 3.05) is 19.5 Å². The van der Waals surface area contributed by atoms with Crippen molar-refractivity contribution < 1.29 is 24.2 Å². The van der Waals surface area contributed by atoms with Crippen LogP contribution in [0.5, 0.6) is 0 Å². The molecule has 0 aliphatic rings. The van der Waals surface area contributed by atoms with Gasteiger partial charge in [-0.15, -0.1) is 11.8 Å². The second-order valence-corrected chi connectivity index (χ2v) is 12.1. The number of ether oxygens (including phenoxy) is 2. The van der Waals surface area contributed by atoms with Gasteiger partial charge in [0.25, 0.3) is 0 Å². The van der Waals surface area contributed by atoms with Crippen LogP contribution in [0.3, 0.4) is 0 Å². The highest BCUT2D eigenvalue weighted by Gasteiger charge is 2.30. The van der Waals surface area contributed by atoms with Crippen LogP contribution in [0.1, 0.15) is 125 Å². The third-order valence-corrected chi connectivity index (χ3v) is 6.75. The third-order valence-electron chi connectivity index (χ3n) is 5.51. The quantitative estimate of drug-likeness (QED) is 0.107. The molecule has 7 heteroatoms. The zero-order chi connectivity index (χ0) is 25.9. The summed E-state index contributed by atoms with van der Waals surface area (Å²) in [5, 5.41) is 13.1. The average Bonchev–Trinajstić information content (AvgIpc) is 2.73. The van der Waals surface area contributed by atoms with Gasteiger partial charge in [-0.1, -0.05) is 84.0 Å². The minimum Gasteiger partial charge on any atom is -0.458 e. The van der Waals surface area contributed by atoms with Crippen LogP contribution in [0.4, 0.5) is 0 Å². The molecule has 6 nitrogen and oxygen atoms in total. The van der Waals surface area contributed by atoms with Crippen molar-refractivity contribution in [2.45, 2.75) is 141 Å². The zero-order valence-corrected chi connectivity index (χ0v) is 23.7. The number of aliphatic hydroxyl groups is 1. The summed E-state index contributed by atoms with van der Waals surface area (Å²) in [5.41, 5.74) is -0.644. The molecule has 2 N–H and O–H groups in total. The maximum Gasteiger partial charge on any atom is 0.330 e. The zero-order valence-electron chi connectivity index (χ0n) is 22.9. The molecule has 202 valence electrons. The minimum absolute atomic E-state index is 0.131. The van der Waals surface area contributed by atoms with Crippen LogP contribution in [0.25, 0.3) is 0 Å². The van der Waals surface area contributed by atoms with Crippen molar-refractivity contribution in [3.63, 3.8) is 0 Å². The van der Waals surface area contributed by atoms with E-state index in [0.717, 1.165) is 19.3 Å². The molecule has 1 unspecified atom stereocenters. The number of esters is 1. The molecular formula is C27H53NO5S. The number of amides is 1. The largest absolute Gasteiger partial charge is 0.458 e. The van der Waals surface area contributed by atoms with Crippen LogP contribution < -0.4 is 5.32 Å². The first-order chi connectivity index (χ1) is 16.0.